The molecular formula is C31H34N4O5S. The van der Waals surface area contributed by atoms with Crippen LogP contribution in [0.2, 0.25) is 0 Å². The van der Waals surface area contributed by atoms with Gasteiger partial charge in [-0.15, -0.1) is 0 Å². The Morgan fingerprint density at radius 2 is 1.59 bits per heavy atom. The first-order valence-electron chi connectivity index (χ1n) is 12.9. The molecule has 0 spiro atoms. The van der Waals surface area contributed by atoms with Crippen LogP contribution >= 0.6 is 0 Å². The topological polar surface area (TPSA) is 118 Å². The fraction of sp³-hybridized carbons (Fsp3) is 0.258. The van der Waals surface area contributed by atoms with E-state index in [0.717, 1.165) is 34.2 Å². The first-order valence-corrected chi connectivity index (χ1v) is 14.8. The summed E-state index contributed by atoms with van der Waals surface area (Å²) in [6.07, 6.45) is 2.81. The quantitative estimate of drug-likeness (QED) is 0.212. The molecule has 4 aromatic rings. The molecule has 0 unspecified atom stereocenters. The molecule has 0 saturated carbocycles. The van der Waals surface area contributed by atoms with E-state index in [9.17, 15) is 18.0 Å². The number of ketones is 1. The van der Waals surface area contributed by atoms with Crippen molar-refractivity contribution >= 4 is 49.7 Å². The van der Waals surface area contributed by atoms with Crippen LogP contribution in [0.4, 0.5) is 17.2 Å². The number of anilines is 3. The number of hydrogen-bond acceptors (Lipinski definition) is 7. The van der Waals surface area contributed by atoms with Crippen molar-refractivity contribution in [1.29, 1.82) is 0 Å². The Balaban J connectivity index is 1.74. The summed E-state index contributed by atoms with van der Waals surface area (Å²) in [5.41, 5.74) is 2.67. The molecule has 1 aromatic heterocycles. The normalized spacial score (nSPS) is 11.7. The third-order valence-electron chi connectivity index (χ3n) is 6.59. The molecule has 41 heavy (non-hydrogen) atoms. The van der Waals surface area contributed by atoms with Gasteiger partial charge in [0.1, 0.15) is 5.82 Å². The van der Waals surface area contributed by atoms with Gasteiger partial charge in [0, 0.05) is 31.4 Å². The number of carbonyl (C=O) groups excluding carboxylic acids is 2. The van der Waals surface area contributed by atoms with E-state index >= 15 is 0 Å². The summed E-state index contributed by atoms with van der Waals surface area (Å²) in [5, 5.41) is 4.09. The number of carbonyl (C=O) groups is 2. The second kappa shape index (κ2) is 11.2. The monoisotopic (exact) mass is 574 g/mol. The SMILES string of the molecule is COc1c(NC(=O)C(=O)c2ccc(-c3ccc(N(C)C)nc3)c3ccccc23)cc(C(C)(C)C)cc1NS(C)(=O)=O. The molecule has 3 aromatic carbocycles. The molecule has 1 amide bonds. The van der Waals surface area contributed by atoms with Gasteiger partial charge in [-0.25, -0.2) is 13.4 Å². The smallest absolute Gasteiger partial charge is 0.296 e. The summed E-state index contributed by atoms with van der Waals surface area (Å²) in [4.78, 5) is 33.3. The number of Topliss-reactive ketones (excluding diaryl/α,β-unsaturated/α-hetero) is 1. The molecule has 9 nitrogen and oxygen atoms in total. The second-order valence-electron chi connectivity index (χ2n) is 11.0. The molecule has 10 heteroatoms. The van der Waals surface area contributed by atoms with Gasteiger partial charge in [-0.1, -0.05) is 51.1 Å². The van der Waals surface area contributed by atoms with Gasteiger partial charge in [0.05, 0.1) is 24.7 Å². The van der Waals surface area contributed by atoms with E-state index in [1.165, 1.54) is 7.11 Å². The number of fused-ring (bicyclic) bond motifs is 1. The van der Waals surface area contributed by atoms with Crippen molar-refractivity contribution in [3.63, 3.8) is 0 Å². The third kappa shape index (κ3) is 6.49. The van der Waals surface area contributed by atoms with Crippen LogP contribution in [0.15, 0.2) is 66.9 Å². The lowest BCUT2D eigenvalue weighted by atomic mass is 9.86. The summed E-state index contributed by atoms with van der Waals surface area (Å²) in [5.74, 6) is -0.704. The lowest BCUT2D eigenvalue weighted by Gasteiger charge is -2.23. The van der Waals surface area contributed by atoms with Gasteiger partial charge in [-0.2, -0.15) is 0 Å². The minimum Gasteiger partial charge on any atom is -0.492 e. The number of methoxy groups -OCH3 is 1. The van der Waals surface area contributed by atoms with Crippen molar-refractivity contribution in [1.82, 2.24) is 4.98 Å². The fourth-order valence-electron chi connectivity index (χ4n) is 4.51. The molecule has 0 atom stereocenters. The zero-order chi connectivity index (χ0) is 30.1. The lowest BCUT2D eigenvalue weighted by molar-refractivity contribution is -0.112. The zero-order valence-corrected chi connectivity index (χ0v) is 25.0. The number of hydrogen-bond donors (Lipinski definition) is 2. The molecule has 214 valence electrons. The van der Waals surface area contributed by atoms with Crippen LogP contribution in [0.1, 0.15) is 36.7 Å². The Labute approximate surface area is 240 Å². The summed E-state index contributed by atoms with van der Waals surface area (Å²) in [7, 11) is 1.55. The molecule has 0 aliphatic heterocycles. The Morgan fingerprint density at radius 3 is 2.15 bits per heavy atom. The van der Waals surface area contributed by atoms with E-state index in [1.54, 1.807) is 30.5 Å². The number of ether oxygens (including phenoxy) is 1. The summed E-state index contributed by atoms with van der Waals surface area (Å²) < 4.78 is 32.0. The van der Waals surface area contributed by atoms with E-state index in [4.69, 9.17) is 4.74 Å². The summed E-state index contributed by atoms with van der Waals surface area (Å²) >= 11 is 0. The van der Waals surface area contributed by atoms with Crippen LogP contribution < -0.4 is 19.7 Å². The maximum absolute atomic E-state index is 13.5. The number of amides is 1. The highest BCUT2D eigenvalue weighted by atomic mass is 32.2. The average molecular weight is 575 g/mol. The molecule has 0 aliphatic rings. The predicted molar refractivity (Wildman–Crippen MR) is 165 cm³/mol. The van der Waals surface area contributed by atoms with Gasteiger partial charge in [0.15, 0.2) is 5.75 Å². The molecule has 0 saturated heterocycles. The first-order chi connectivity index (χ1) is 19.2. The Bertz CT molecular complexity index is 1740. The Hall–Kier alpha value is -4.44. The van der Waals surface area contributed by atoms with Gasteiger partial charge in [0.25, 0.3) is 11.7 Å². The van der Waals surface area contributed by atoms with Gasteiger partial charge in [-0.3, -0.25) is 14.3 Å². The Morgan fingerprint density at radius 1 is 0.927 bits per heavy atom. The third-order valence-corrected chi connectivity index (χ3v) is 7.19. The minimum absolute atomic E-state index is 0.0958. The molecule has 0 bridgehead atoms. The Kier molecular flexibility index (Phi) is 8.08. The van der Waals surface area contributed by atoms with Gasteiger partial charge in [0.2, 0.25) is 10.0 Å². The van der Waals surface area contributed by atoms with Crippen LogP contribution in [0.25, 0.3) is 21.9 Å². The van der Waals surface area contributed by atoms with Gasteiger partial charge >= 0.3 is 0 Å². The highest BCUT2D eigenvalue weighted by Crippen LogP contribution is 2.39. The van der Waals surface area contributed by atoms with Gasteiger partial charge < -0.3 is 15.0 Å². The largest absolute Gasteiger partial charge is 0.492 e. The lowest BCUT2D eigenvalue weighted by Crippen LogP contribution is -2.24. The van der Waals surface area contributed by atoms with Crippen LogP contribution in [0, 0.1) is 0 Å². The molecule has 0 aliphatic carbocycles. The molecule has 2 N–H and O–H groups in total. The van der Waals surface area contributed by atoms with Crippen molar-refractivity contribution in [3.05, 3.63) is 78.0 Å². The predicted octanol–water partition coefficient (Wildman–Crippen LogP) is 5.47. The van der Waals surface area contributed by atoms with E-state index in [2.05, 4.69) is 15.0 Å². The summed E-state index contributed by atoms with van der Waals surface area (Å²) in [6, 6.07) is 18.1. The highest BCUT2D eigenvalue weighted by Gasteiger charge is 2.25. The number of nitrogens with zero attached hydrogens (tertiary/aromatic N) is 2. The number of rotatable bonds is 8. The van der Waals surface area contributed by atoms with Crippen LogP contribution in [-0.2, 0) is 20.2 Å². The van der Waals surface area contributed by atoms with Crippen LogP contribution in [-0.4, -0.2) is 52.6 Å². The van der Waals surface area contributed by atoms with E-state index in [0.29, 0.717) is 5.39 Å². The highest BCUT2D eigenvalue weighted by molar-refractivity contribution is 7.92. The molecule has 4 rings (SSSR count). The van der Waals surface area contributed by atoms with Crippen LogP contribution in [0.5, 0.6) is 5.75 Å². The molecule has 1 heterocycles. The maximum Gasteiger partial charge on any atom is 0.296 e. The van der Waals surface area contributed by atoms with Crippen molar-refractivity contribution in [3.8, 4) is 16.9 Å². The molecule has 0 radical (unpaired) electrons. The van der Waals surface area contributed by atoms with Crippen molar-refractivity contribution in [2.75, 3.05) is 42.4 Å². The number of pyridine rings is 1. The van der Waals surface area contributed by atoms with Crippen molar-refractivity contribution in [2.45, 2.75) is 26.2 Å². The van der Waals surface area contributed by atoms with Crippen molar-refractivity contribution < 1.29 is 22.7 Å². The number of benzene rings is 3. The zero-order valence-electron chi connectivity index (χ0n) is 24.2. The standard InChI is InChI=1S/C31H34N4O5S/c1-31(2,3)20-16-25(29(40-6)26(17-20)34-41(7,38)39)33-30(37)28(36)24-14-13-21(22-10-8-9-11-23(22)24)19-12-15-27(32-18-19)35(4)5/h8-18,34H,1-7H3,(H,33,37). The van der Waals surface area contributed by atoms with E-state index in [-0.39, 0.29) is 22.7 Å². The molecule has 0 fully saturated rings. The van der Waals surface area contributed by atoms with Crippen molar-refractivity contribution in [2.24, 2.45) is 0 Å². The first kappa shape index (κ1) is 29.5. The molecular weight excluding hydrogens is 540 g/mol. The average Bonchev–Trinajstić information content (AvgIpc) is 2.90. The second-order valence-corrected chi connectivity index (χ2v) is 12.8. The van der Waals surface area contributed by atoms with Crippen LogP contribution in [0.3, 0.4) is 0 Å². The number of aromatic nitrogens is 1. The van der Waals surface area contributed by atoms with E-state index in [1.807, 2.05) is 76.2 Å². The summed E-state index contributed by atoms with van der Waals surface area (Å²) in [6.45, 7) is 5.85. The number of sulfonamides is 1. The van der Waals surface area contributed by atoms with Gasteiger partial charge in [-0.05, 0) is 57.6 Å². The minimum atomic E-state index is -3.65. The van der Waals surface area contributed by atoms with E-state index < -0.39 is 27.1 Å². The maximum atomic E-state index is 13.5. The fourth-order valence-corrected chi connectivity index (χ4v) is 5.06. The number of nitrogens with one attached hydrogen (secondary N) is 2.